The largest absolute Gasteiger partial charge is 0.488 e. The number of likely N-dealkylation sites (tertiary alicyclic amines) is 1. The van der Waals surface area contributed by atoms with Crippen LogP contribution in [-0.2, 0) is 28.5 Å². The van der Waals surface area contributed by atoms with Gasteiger partial charge in [0.05, 0.1) is 24.9 Å². The maximum absolute atomic E-state index is 14.9. The fourth-order valence-electron chi connectivity index (χ4n) is 8.96. The average Bonchev–Trinajstić information content (AvgIpc) is 3.92. The van der Waals surface area contributed by atoms with Gasteiger partial charge in [0.2, 0.25) is 5.91 Å². The minimum atomic E-state index is -0.893. The molecular formula is C44H61ClN6O9S. The first-order valence-corrected chi connectivity index (χ1v) is 22.6. The van der Waals surface area contributed by atoms with Gasteiger partial charge < -0.3 is 44.0 Å². The average molecular weight is 886 g/mol. The second kappa shape index (κ2) is 18.4. The third-order valence-electron chi connectivity index (χ3n) is 12.5. The third kappa shape index (κ3) is 9.98. The summed E-state index contributed by atoms with van der Waals surface area (Å²) in [5.41, 5.74) is 0.149. The number of ether oxygens (including phenoxy) is 6. The second-order valence-electron chi connectivity index (χ2n) is 18.3. The topological polar surface area (TPSA) is 172 Å². The summed E-state index contributed by atoms with van der Waals surface area (Å²) in [6.45, 7) is 12.6. The zero-order valence-electron chi connectivity index (χ0n) is 36.7. The van der Waals surface area contributed by atoms with Crippen molar-refractivity contribution in [1.29, 1.82) is 0 Å². The molecule has 15 nitrogen and oxygen atoms in total. The number of aromatic nitrogens is 2. The molecule has 8 atom stereocenters. The monoisotopic (exact) mass is 884 g/mol. The number of hydrogen-bond donors (Lipinski definition) is 3. The number of fused-ring (bicyclic) bond motifs is 2. The summed E-state index contributed by atoms with van der Waals surface area (Å²) in [6, 6.07) is 4.35. The molecular weight excluding hydrogens is 824 g/mol. The Bertz CT molecular complexity index is 2070. The van der Waals surface area contributed by atoms with E-state index in [-0.39, 0.29) is 48.1 Å². The smallest absolute Gasteiger partial charge is 0.408 e. The summed E-state index contributed by atoms with van der Waals surface area (Å²) in [5.74, 6) is 1.73. The number of methoxy groups -OCH3 is 3. The molecule has 4 fully saturated rings. The van der Waals surface area contributed by atoms with E-state index in [1.165, 1.54) is 39.1 Å². The Morgan fingerprint density at radius 1 is 1.00 bits per heavy atom. The number of carbonyl (C=O) groups is 3. The van der Waals surface area contributed by atoms with Gasteiger partial charge in [0.15, 0.2) is 11.4 Å². The molecule has 0 unspecified atom stereocenters. The molecule has 1 aromatic carbocycles. The van der Waals surface area contributed by atoms with Crippen molar-refractivity contribution in [3.8, 4) is 22.9 Å². The number of hydrogen-bond acceptors (Lipinski definition) is 14. The van der Waals surface area contributed by atoms with Gasteiger partial charge in [0.1, 0.15) is 52.6 Å². The van der Waals surface area contributed by atoms with Crippen LogP contribution in [0.25, 0.3) is 22.3 Å². The van der Waals surface area contributed by atoms with E-state index < -0.39 is 41.5 Å². The highest BCUT2D eigenvalue weighted by molar-refractivity contribution is 7.14. The fourth-order valence-corrected chi connectivity index (χ4v) is 10.1. The maximum atomic E-state index is 14.9. The van der Waals surface area contributed by atoms with Crippen LogP contribution < -0.4 is 25.4 Å². The van der Waals surface area contributed by atoms with Crippen LogP contribution in [0.3, 0.4) is 0 Å². The Balaban J connectivity index is 1.19. The van der Waals surface area contributed by atoms with Gasteiger partial charge in [-0.05, 0) is 74.8 Å². The third-order valence-corrected chi connectivity index (χ3v) is 13.7. The van der Waals surface area contributed by atoms with Crippen LogP contribution in [0.2, 0.25) is 5.02 Å². The van der Waals surface area contributed by atoms with Gasteiger partial charge in [-0.25, -0.2) is 14.8 Å². The van der Waals surface area contributed by atoms with E-state index in [2.05, 4.69) is 22.9 Å². The number of amides is 2. The molecule has 17 heteroatoms. The molecule has 0 bridgehead atoms. The van der Waals surface area contributed by atoms with Gasteiger partial charge in [-0.15, -0.1) is 11.3 Å². The molecule has 0 radical (unpaired) electrons. The molecule has 334 valence electrons. The number of nitrogens with one attached hydrogen (secondary N) is 3. The zero-order chi connectivity index (χ0) is 43.8. The first-order valence-electron chi connectivity index (χ1n) is 21.4. The van der Waals surface area contributed by atoms with Crippen LogP contribution in [0.5, 0.6) is 11.5 Å². The number of carbonyl (C=O) groups excluding carboxylic acids is 3. The number of anilines is 1. The summed E-state index contributed by atoms with van der Waals surface area (Å²) in [6.07, 6.45) is 3.03. The van der Waals surface area contributed by atoms with Crippen LogP contribution in [-0.4, -0.2) is 116 Å². The van der Waals surface area contributed by atoms with Gasteiger partial charge in [0.25, 0.3) is 0 Å². The van der Waals surface area contributed by atoms with Crippen molar-refractivity contribution in [2.75, 3.05) is 46.3 Å². The Hall–Kier alpha value is -3.96. The predicted octanol–water partition coefficient (Wildman–Crippen LogP) is 7.05. The van der Waals surface area contributed by atoms with E-state index in [1.54, 1.807) is 11.0 Å². The van der Waals surface area contributed by atoms with Crippen molar-refractivity contribution in [3.05, 3.63) is 28.6 Å². The van der Waals surface area contributed by atoms with Gasteiger partial charge in [-0.1, -0.05) is 45.7 Å². The van der Waals surface area contributed by atoms with E-state index >= 15 is 0 Å². The van der Waals surface area contributed by atoms with Crippen molar-refractivity contribution in [1.82, 2.24) is 25.5 Å². The van der Waals surface area contributed by atoms with Crippen molar-refractivity contribution >= 4 is 56.9 Å². The minimum absolute atomic E-state index is 0.0961. The van der Waals surface area contributed by atoms with Crippen molar-refractivity contribution in [2.45, 2.75) is 122 Å². The zero-order valence-corrected chi connectivity index (χ0v) is 38.2. The molecule has 3 aliphatic carbocycles. The normalized spacial score (nSPS) is 26.0. The SMILES string of the molecule is CC[C@@H]1C[C@]1(NC[C@@H]1C[C@@H](Oc2cc(-c3csc(NC(C)C)n3)nc3c(Cl)c(OCC(OC)OC)ccc23)CN1C(=O)[C@@H](NC(=O)O[C@@H]1C[C@@H]2C[C@@H]2C1)C(C)(C)C)C(=O)OC. The van der Waals surface area contributed by atoms with E-state index in [1.807, 2.05) is 52.1 Å². The first kappa shape index (κ1) is 45.1. The van der Waals surface area contributed by atoms with Crippen LogP contribution >= 0.6 is 22.9 Å². The van der Waals surface area contributed by atoms with E-state index in [9.17, 15) is 14.4 Å². The summed E-state index contributed by atoms with van der Waals surface area (Å²) in [7, 11) is 4.46. The summed E-state index contributed by atoms with van der Waals surface area (Å²) < 4.78 is 34.7. The van der Waals surface area contributed by atoms with E-state index in [4.69, 9.17) is 50.0 Å². The Kier molecular flexibility index (Phi) is 13.6. The number of nitrogens with zero attached hydrogens (tertiary/aromatic N) is 3. The number of esters is 1. The number of alkyl carbamates (subject to hydrolysis) is 1. The van der Waals surface area contributed by atoms with Crippen molar-refractivity contribution in [2.24, 2.45) is 23.2 Å². The number of halogens is 1. The Labute approximate surface area is 367 Å². The molecule has 1 saturated heterocycles. The quantitative estimate of drug-likeness (QED) is 0.0878. The summed E-state index contributed by atoms with van der Waals surface area (Å²) >= 11 is 8.53. The lowest BCUT2D eigenvalue weighted by atomic mass is 9.85. The standard InChI is InChI=1S/C44H61ClN6O9S/c1-10-26-18-44(26,40(53)57-9)46-19-27-16-29(20-51(27)39(52)38(43(4,5)6)50-42(54)60-28-14-24-13-25(24)15-28)59-34-17-31(32-22-61-41(49-32)47-23(2)3)48-37-30(34)11-12-33(36(37)45)58-21-35(55-7)56-8/h11-12,17,22-29,35,38,46H,10,13-16,18-21H2,1-9H3,(H,47,49)(H,50,54)/t24-,25+,26-,27+,28+,29-,38-,44-/m1/s1. The lowest BCUT2D eigenvalue weighted by Gasteiger charge is -2.36. The van der Waals surface area contributed by atoms with E-state index in [0.717, 1.165) is 24.4 Å². The molecule has 0 spiro atoms. The molecule has 4 aliphatic rings. The summed E-state index contributed by atoms with van der Waals surface area (Å²) in [5, 5.41) is 13.4. The highest BCUT2D eigenvalue weighted by atomic mass is 35.5. The minimum Gasteiger partial charge on any atom is -0.488 e. The lowest BCUT2D eigenvalue weighted by Crippen LogP contribution is -2.58. The second-order valence-corrected chi connectivity index (χ2v) is 19.5. The highest BCUT2D eigenvalue weighted by Gasteiger charge is 2.60. The van der Waals surface area contributed by atoms with Crippen LogP contribution in [0, 0.1) is 23.2 Å². The number of rotatable bonds is 18. The number of thiazole rings is 1. The number of pyridine rings is 1. The first-order chi connectivity index (χ1) is 29.1. The van der Waals surface area contributed by atoms with Gasteiger partial charge >= 0.3 is 12.1 Å². The van der Waals surface area contributed by atoms with Gasteiger partial charge in [-0.2, -0.15) is 0 Å². The molecule has 3 aromatic rings. The van der Waals surface area contributed by atoms with E-state index in [0.29, 0.717) is 65.0 Å². The van der Waals surface area contributed by atoms with Gasteiger partial charge in [-0.3, -0.25) is 14.9 Å². The molecule has 7 rings (SSSR count). The van der Waals surface area contributed by atoms with Crippen LogP contribution in [0.1, 0.15) is 80.1 Å². The van der Waals surface area contributed by atoms with Crippen molar-refractivity contribution in [3.63, 3.8) is 0 Å². The van der Waals surface area contributed by atoms with Crippen LogP contribution in [0.15, 0.2) is 23.6 Å². The lowest BCUT2D eigenvalue weighted by molar-refractivity contribution is -0.145. The molecule has 2 amide bonds. The van der Waals surface area contributed by atoms with Crippen LogP contribution in [0.4, 0.5) is 9.93 Å². The molecule has 3 N–H and O–H groups in total. The fraction of sp³-hybridized carbons (Fsp3) is 0.659. The molecule has 3 saturated carbocycles. The molecule has 61 heavy (non-hydrogen) atoms. The predicted molar refractivity (Wildman–Crippen MR) is 233 cm³/mol. The maximum Gasteiger partial charge on any atom is 0.408 e. The van der Waals surface area contributed by atoms with Crippen molar-refractivity contribution < 1.29 is 42.8 Å². The highest BCUT2D eigenvalue weighted by Crippen LogP contribution is 2.52. The molecule has 3 heterocycles. The van der Waals surface area contributed by atoms with Gasteiger partial charge in [0, 0.05) is 56.1 Å². The Morgan fingerprint density at radius 3 is 2.38 bits per heavy atom. The molecule has 1 aliphatic heterocycles. The Morgan fingerprint density at radius 2 is 1.74 bits per heavy atom. The summed E-state index contributed by atoms with van der Waals surface area (Å²) in [4.78, 5) is 52.9. The molecule has 2 aromatic heterocycles. The number of benzene rings is 1.